The van der Waals surface area contributed by atoms with Crippen LogP contribution in [0.1, 0.15) is 11.3 Å². The molecule has 0 atom stereocenters. The van der Waals surface area contributed by atoms with Crippen LogP contribution >= 0.6 is 0 Å². The second-order valence-electron chi connectivity index (χ2n) is 4.01. The molecule has 20 heavy (non-hydrogen) atoms. The molecular formula is C13H12F2N4O. The van der Waals surface area contributed by atoms with Gasteiger partial charge >= 0.3 is 0 Å². The molecule has 2 rings (SSSR count). The van der Waals surface area contributed by atoms with Crippen LogP contribution in [0.3, 0.4) is 0 Å². The minimum absolute atomic E-state index is 0.0622. The fraction of sp³-hybridized carbons (Fsp3) is 0.0769. The zero-order valence-corrected chi connectivity index (χ0v) is 10.3. The van der Waals surface area contributed by atoms with Gasteiger partial charge in [-0.3, -0.25) is 4.98 Å². The predicted octanol–water partition coefficient (Wildman–Crippen LogP) is 2.07. The van der Waals surface area contributed by atoms with Gasteiger partial charge in [-0.05, 0) is 35.9 Å². The van der Waals surface area contributed by atoms with E-state index in [2.05, 4.69) is 15.5 Å². The SMILES string of the molecule is NC(=NO)c1cc(CNc2cc(F)ccc2F)ccn1. The van der Waals surface area contributed by atoms with Crippen LogP contribution in [0.5, 0.6) is 0 Å². The molecule has 2 aromatic rings. The van der Waals surface area contributed by atoms with Crippen LogP contribution < -0.4 is 11.1 Å². The van der Waals surface area contributed by atoms with E-state index in [1.54, 1.807) is 12.1 Å². The molecule has 1 heterocycles. The highest BCUT2D eigenvalue weighted by atomic mass is 19.1. The summed E-state index contributed by atoms with van der Waals surface area (Å²) in [4.78, 5) is 3.92. The molecule has 0 bridgehead atoms. The Bertz CT molecular complexity index is 646. The van der Waals surface area contributed by atoms with Crippen molar-refractivity contribution < 1.29 is 14.0 Å². The zero-order chi connectivity index (χ0) is 14.5. The lowest BCUT2D eigenvalue weighted by Gasteiger charge is -2.08. The molecule has 0 amide bonds. The van der Waals surface area contributed by atoms with Crippen molar-refractivity contribution in [3.05, 3.63) is 59.4 Å². The molecule has 0 aliphatic carbocycles. The Morgan fingerprint density at radius 2 is 2.10 bits per heavy atom. The van der Waals surface area contributed by atoms with Crippen molar-refractivity contribution in [2.75, 3.05) is 5.32 Å². The molecule has 1 aromatic heterocycles. The van der Waals surface area contributed by atoms with Crippen molar-refractivity contribution in [3.63, 3.8) is 0 Å². The summed E-state index contributed by atoms with van der Waals surface area (Å²) in [7, 11) is 0. The Morgan fingerprint density at radius 3 is 2.85 bits per heavy atom. The summed E-state index contributed by atoms with van der Waals surface area (Å²) in [6.07, 6.45) is 1.48. The Hall–Kier alpha value is -2.70. The number of anilines is 1. The van der Waals surface area contributed by atoms with Gasteiger partial charge in [0.05, 0.1) is 5.69 Å². The first-order chi connectivity index (χ1) is 9.60. The largest absolute Gasteiger partial charge is 0.409 e. The van der Waals surface area contributed by atoms with Crippen LogP contribution in [0.2, 0.25) is 0 Å². The maximum atomic E-state index is 13.4. The standard InChI is InChI=1S/C13H12F2N4O/c14-9-1-2-10(15)11(6-9)18-7-8-3-4-17-12(5-8)13(16)19-20/h1-6,18,20H,7H2,(H2,16,19). The van der Waals surface area contributed by atoms with E-state index < -0.39 is 11.6 Å². The van der Waals surface area contributed by atoms with Gasteiger partial charge in [-0.25, -0.2) is 8.78 Å². The number of rotatable bonds is 4. The van der Waals surface area contributed by atoms with E-state index in [1.165, 1.54) is 6.20 Å². The summed E-state index contributed by atoms with van der Waals surface area (Å²) in [5.74, 6) is -1.19. The topological polar surface area (TPSA) is 83.5 Å². The molecule has 0 unspecified atom stereocenters. The number of nitrogens with two attached hydrogens (primary N) is 1. The van der Waals surface area contributed by atoms with Crippen molar-refractivity contribution in [1.82, 2.24) is 4.98 Å². The second-order valence-corrected chi connectivity index (χ2v) is 4.01. The van der Waals surface area contributed by atoms with Crippen LogP contribution in [-0.4, -0.2) is 16.0 Å². The van der Waals surface area contributed by atoms with Crippen molar-refractivity contribution in [3.8, 4) is 0 Å². The van der Waals surface area contributed by atoms with Crippen molar-refractivity contribution in [2.45, 2.75) is 6.54 Å². The van der Waals surface area contributed by atoms with E-state index in [-0.39, 0.29) is 18.1 Å². The van der Waals surface area contributed by atoms with E-state index in [9.17, 15) is 8.78 Å². The van der Waals surface area contributed by atoms with E-state index in [0.717, 1.165) is 23.8 Å². The molecule has 0 aliphatic heterocycles. The van der Waals surface area contributed by atoms with Gasteiger partial charge < -0.3 is 16.3 Å². The highest BCUT2D eigenvalue weighted by Gasteiger charge is 2.05. The van der Waals surface area contributed by atoms with Crippen molar-refractivity contribution in [2.24, 2.45) is 10.9 Å². The number of pyridine rings is 1. The van der Waals surface area contributed by atoms with Gasteiger partial charge in [0.2, 0.25) is 0 Å². The number of halogens is 2. The summed E-state index contributed by atoms with van der Waals surface area (Å²) >= 11 is 0. The van der Waals surface area contributed by atoms with Gasteiger partial charge in [-0.15, -0.1) is 0 Å². The molecule has 0 saturated heterocycles. The smallest absolute Gasteiger partial charge is 0.188 e. The van der Waals surface area contributed by atoms with Crippen LogP contribution in [0.15, 0.2) is 41.7 Å². The first-order valence-corrected chi connectivity index (χ1v) is 5.72. The lowest BCUT2D eigenvalue weighted by molar-refractivity contribution is 0.318. The number of oxime groups is 1. The highest BCUT2D eigenvalue weighted by molar-refractivity contribution is 5.95. The molecule has 0 fully saturated rings. The third-order valence-corrected chi connectivity index (χ3v) is 2.61. The van der Waals surface area contributed by atoms with Crippen molar-refractivity contribution in [1.29, 1.82) is 0 Å². The summed E-state index contributed by atoms with van der Waals surface area (Å²) in [6.45, 7) is 0.245. The number of hydrogen-bond donors (Lipinski definition) is 3. The number of hydrogen-bond acceptors (Lipinski definition) is 4. The number of aromatic nitrogens is 1. The zero-order valence-electron chi connectivity index (χ0n) is 10.3. The Morgan fingerprint density at radius 1 is 1.30 bits per heavy atom. The normalized spacial score (nSPS) is 11.4. The summed E-state index contributed by atoms with van der Waals surface area (Å²) < 4.78 is 26.4. The molecule has 0 saturated carbocycles. The highest BCUT2D eigenvalue weighted by Crippen LogP contribution is 2.16. The summed E-state index contributed by atoms with van der Waals surface area (Å²) in [5, 5.41) is 14.2. The minimum Gasteiger partial charge on any atom is -0.409 e. The van der Waals surface area contributed by atoms with E-state index in [0.29, 0.717) is 5.69 Å². The molecule has 104 valence electrons. The fourth-order valence-corrected chi connectivity index (χ4v) is 1.61. The molecule has 1 aromatic carbocycles. The minimum atomic E-state index is -0.544. The lowest BCUT2D eigenvalue weighted by atomic mass is 10.2. The summed E-state index contributed by atoms with van der Waals surface area (Å²) in [6, 6.07) is 6.42. The van der Waals surface area contributed by atoms with Crippen LogP contribution in [0, 0.1) is 11.6 Å². The molecule has 4 N–H and O–H groups in total. The third-order valence-electron chi connectivity index (χ3n) is 2.61. The average Bonchev–Trinajstić information content (AvgIpc) is 2.47. The Kier molecular flexibility index (Phi) is 4.09. The first-order valence-electron chi connectivity index (χ1n) is 5.72. The maximum Gasteiger partial charge on any atom is 0.188 e. The third kappa shape index (κ3) is 3.19. The lowest BCUT2D eigenvalue weighted by Crippen LogP contribution is -2.15. The molecule has 0 aliphatic rings. The van der Waals surface area contributed by atoms with Crippen LogP contribution in [0.4, 0.5) is 14.5 Å². The van der Waals surface area contributed by atoms with Crippen LogP contribution in [-0.2, 0) is 6.54 Å². The number of nitrogens with zero attached hydrogens (tertiary/aromatic N) is 2. The Balaban J connectivity index is 2.13. The molecule has 0 radical (unpaired) electrons. The monoisotopic (exact) mass is 278 g/mol. The molecule has 0 spiro atoms. The van der Waals surface area contributed by atoms with Crippen LogP contribution in [0.25, 0.3) is 0 Å². The first kappa shape index (κ1) is 13.7. The van der Waals surface area contributed by atoms with Gasteiger partial charge in [0.1, 0.15) is 17.3 Å². The van der Waals surface area contributed by atoms with Gasteiger partial charge in [-0.2, -0.15) is 0 Å². The predicted molar refractivity (Wildman–Crippen MR) is 70.4 cm³/mol. The van der Waals surface area contributed by atoms with Gasteiger partial charge in [-0.1, -0.05) is 5.16 Å². The van der Waals surface area contributed by atoms with Gasteiger partial charge in [0.15, 0.2) is 5.84 Å². The number of amidine groups is 1. The summed E-state index contributed by atoms with van der Waals surface area (Å²) in [5.41, 5.74) is 6.51. The van der Waals surface area contributed by atoms with E-state index in [4.69, 9.17) is 10.9 Å². The van der Waals surface area contributed by atoms with E-state index in [1.807, 2.05) is 0 Å². The van der Waals surface area contributed by atoms with E-state index >= 15 is 0 Å². The average molecular weight is 278 g/mol. The molecule has 5 nitrogen and oxygen atoms in total. The van der Waals surface area contributed by atoms with Gasteiger partial charge in [0, 0.05) is 12.7 Å². The number of benzene rings is 1. The molecular weight excluding hydrogens is 266 g/mol. The quantitative estimate of drug-likeness (QED) is 0.346. The Labute approximate surface area is 113 Å². The number of nitrogens with one attached hydrogen (secondary N) is 1. The van der Waals surface area contributed by atoms with Crippen molar-refractivity contribution >= 4 is 11.5 Å². The van der Waals surface area contributed by atoms with Gasteiger partial charge in [0.25, 0.3) is 0 Å². The fourth-order valence-electron chi connectivity index (χ4n) is 1.61. The second kappa shape index (κ2) is 5.96. The maximum absolute atomic E-state index is 13.4. The molecule has 7 heteroatoms.